The number of carboxylic acids is 1. The van der Waals surface area contributed by atoms with Gasteiger partial charge in [0, 0.05) is 19.0 Å². The first-order valence-corrected chi connectivity index (χ1v) is 7.36. The van der Waals surface area contributed by atoms with Crippen LogP contribution in [0.3, 0.4) is 0 Å². The van der Waals surface area contributed by atoms with Gasteiger partial charge in [-0.15, -0.1) is 0 Å². The Hall–Kier alpha value is -1.10. The SMILES string of the molecule is CC(C1CC1)N(C)c1nc(C2CC2)c(C(=O)O)s1. The third-order valence-corrected chi connectivity index (χ3v) is 5.17. The second kappa shape index (κ2) is 4.23. The number of hydrogen-bond acceptors (Lipinski definition) is 4. The molecule has 0 aromatic carbocycles. The number of hydrogen-bond donors (Lipinski definition) is 1. The van der Waals surface area contributed by atoms with Crippen molar-refractivity contribution >= 4 is 22.4 Å². The van der Waals surface area contributed by atoms with Gasteiger partial charge in [-0.1, -0.05) is 11.3 Å². The summed E-state index contributed by atoms with van der Waals surface area (Å²) in [7, 11) is 2.03. The van der Waals surface area contributed by atoms with Crippen LogP contribution in [0.4, 0.5) is 5.13 Å². The van der Waals surface area contributed by atoms with Gasteiger partial charge in [-0.25, -0.2) is 9.78 Å². The molecule has 0 aliphatic heterocycles. The van der Waals surface area contributed by atoms with Crippen LogP contribution in [-0.4, -0.2) is 29.1 Å². The molecule has 2 saturated carbocycles. The lowest BCUT2D eigenvalue weighted by atomic mass is 10.2. The van der Waals surface area contributed by atoms with Gasteiger partial charge in [0.05, 0.1) is 5.69 Å². The lowest BCUT2D eigenvalue weighted by molar-refractivity contribution is 0.0700. The van der Waals surface area contributed by atoms with Gasteiger partial charge in [0.25, 0.3) is 0 Å². The van der Waals surface area contributed by atoms with Crippen LogP contribution in [0.25, 0.3) is 0 Å². The Balaban J connectivity index is 1.87. The van der Waals surface area contributed by atoms with E-state index in [0.717, 1.165) is 29.6 Å². The normalized spacial score (nSPS) is 20.8. The third-order valence-electron chi connectivity index (χ3n) is 4.02. The summed E-state index contributed by atoms with van der Waals surface area (Å²) in [5.41, 5.74) is 0.817. The van der Waals surface area contributed by atoms with E-state index < -0.39 is 5.97 Å². The Labute approximate surface area is 111 Å². The predicted molar refractivity (Wildman–Crippen MR) is 71.6 cm³/mol. The quantitative estimate of drug-likeness (QED) is 0.890. The fraction of sp³-hybridized carbons (Fsp3) is 0.692. The highest BCUT2D eigenvalue weighted by molar-refractivity contribution is 7.17. The van der Waals surface area contributed by atoms with Crippen LogP contribution < -0.4 is 4.90 Å². The molecule has 1 unspecified atom stereocenters. The minimum atomic E-state index is -0.826. The first kappa shape index (κ1) is 12.0. The summed E-state index contributed by atoms with van der Waals surface area (Å²) in [5, 5.41) is 10.1. The molecule has 0 saturated heterocycles. The van der Waals surface area contributed by atoms with Crippen LogP contribution in [0.5, 0.6) is 0 Å². The van der Waals surface area contributed by atoms with Crippen LogP contribution in [0, 0.1) is 5.92 Å². The molecule has 18 heavy (non-hydrogen) atoms. The number of carbonyl (C=O) groups is 1. The number of anilines is 1. The monoisotopic (exact) mass is 266 g/mol. The lowest BCUT2D eigenvalue weighted by Gasteiger charge is -2.23. The first-order chi connectivity index (χ1) is 8.58. The maximum atomic E-state index is 11.3. The molecule has 2 aliphatic rings. The first-order valence-electron chi connectivity index (χ1n) is 6.54. The van der Waals surface area contributed by atoms with E-state index in [0.29, 0.717) is 16.8 Å². The van der Waals surface area contributed by atoms with Crippen molar-refractivity contribution < 1.29 is 9.90 Å². The molecule has 0 amide bonds. The highest BCUT2D eigenvalue weighted by Crippen LogP contribution is 2.45. The second-order valence-corrected chi connectivity index (χ2v) is 6.46. The lowest BCUT2D eigenvalue weighted by Crippen LogP contribution is -2.30. The molecule has 1 N–H and O–H groups in total. The zero-order valence-electron chi connectivity index (χ0n) is 10.7. The van der Waals surface area contributed by atoms with Crippen LogP contribution in [-0.2, 0) is 0 Å². The van der Waals surface area contributed by atoms with Gasteiger partial charge in [-0.3, -0.25) is 0 Å². The fourth-order valence-corrected chi connectivity index (χ4v) is 3.37. The van der Waals surface area contributed by atoms with E-state index in [9.17, 15) is 9.90 Å². The van der Waals surface area contributed by atoms with Crippen molar-refractivity contribution in [2.45, 2.75) is 44.6 Å². The molecule has 0 bridgehead atoms. The van der Waals surface area contributed by atoms with Crippen LogP contribution in [0.2, 0.25) is 0 Å². The molecule has 2 aliphatic carbocycles. The zero-order chi connectivity index (χ0) is 12.9. The molecule has 1 atom stereocenters. The van der Waals surface area contributed by atoms with Crippen LogP contribution in [0.1, 0.15) is 53.9 Å². The summed E-state index contributed by atoms with van der Waals surface area (Å²) < 4.78 is 0. The van der Waals surface area contributed by atoms with E-state index in [4.69, 9.17) is 0 Å². The molecule has 5 heteroatoms. The molecule has 2 fully saturated rings. The largest absolute Gasteiger partial charge is 0.477 e. The second-order valence-electron chi connectivity index (χ2n) is 5.48. The van der Waals surface area contributed by atoms with Crippen LogP contribution in [0.15, 0.2) is 0 Å². The average molecular weight is 266 g/mol. The van der Waals surface area contributed by atoms with Crippen LogP contribution >= 0.6 is 11.3 Å². The van der Waals surface area contributed by atoms with Gasteiger partial charge < -0.3 is 10.0 Å². The van der Waals surface area contributed by atoms with Crippen molar-refractivity contribution in [2.24, 2.45) is 5.92 Å². The summed E-state index contributed by atoms with van der Waals surface area (Å²) >= 11 is 1.33. The molecule has 0 spiro atoms. The van der Waals surface area contributed by atoms with Gasteiger partial charge in [0.1, 0.15) is 4.88 Å². The Morgan fingerprint density at radius 1 is 1.44 bits per heavy atom. The summed E-state index contributed by atoms with van der Waals surface area (Å²) in [6.45, 7) is 2.20. The van der Waals surface area contributed by atoms with Crippen molar-refractivity contribution in [2.75, 3.05) is 11.9 Å². The average Bonchev–Trinajstić information content (AvgIpc) is 3.23. The van der Waals surface area contributed by atoms with Crippen molar-refractivity contribution in [1.82, 2.24) is 4.98 Å². The minimum Gasteiger partial charge on any atom is -0.477 e. The van der Waals surface area contributed by atoms with E-state index in [1.807, 2.05) is 7.05 Å². The maximum absolute atomic E-state index is 11.3. The minimum absolute atomic E-state index is 0.394. The summed E-state index contributed by atoms with van der Waals surface area (Å²) in [5.74, 6) is 0.329. The van der Waals surface area contributed by atoms with Crippen molar-refractivity contribution in [3.8, 4) is 0 Å². The molecule has 98 valence electrons. The molecule has 1 aromatic heterocycles. The van der Waals surface area contributed by atoms with Gasteiger partial charge in [-0.05, 0) is 38.5 Å². The Bertz CT molecular complexity index is 477. The van der Waals surface area contributed by atoms with Crippen molar-refractivity contribution in [3.05, 3.63) is 10.6 Å². The summed E-state index contributed by atoms with van der Waals surface area (Å²) in [4.78, 5) is 18.4. The van der Waals surface area contributed by atoms with Gasteiger partial charge in [0.15, 0.2) is 5.13 Å². The highest BCUT2D eigenvalue weighted by Gasteiger charge is 2.35. The number of nitrogens with zero attached hydrogens (tertiary/aromatic N) is 2. The predicted octanol–water partition coefficient (Wildman–Crippen LogP) is 2.95. The van der Waals surface area contributed by atoms with Gasteiger partial charge >= 0.3 is 5.97 Å². The smallest absolute Gasteiger partial charge is 0.347 e. The maximum Gasteiger partial charge on any atom is 0.347 e. The molecule has 3 rings (SSSR count). The van der Waals surface area contributed by atoms with Gasteiger partial charge in [0.2, 0.25) is 0 Å². The molecular formula is C13H18N2O2S. The van der Waals surface area contributed by atoms with E-state index in [-0.39, 0.29) is 0 Å². The Morgan fingerprint density at radius 2 is 2.11 bits per heavy atom. The van der Waals surface area contributed by atoms with E-state index in [1.54, 1.807) is 0 Å². The zero-order valence-corrected chi connectivity index (χ0v) is 11.5. The standard InChI is InChI=1S/C13H18N2O2S/c1-7(8-3-4-8)15(2)13-14-10(9-5-6-9)11(18-13)12(16)17/h7-9H,3-6H2,1-2H3,(H,16,17). The topological polar surface area (TPSA) is 53.4 Å². The summed E-state index contributed by atoms with van der Waals surface area (Å²) in [6, 6.07) is 0.463. The van der Waals surface area contributed by atoms with Crippen molar-refractivity contribution in [1.29, 1.82) is 0 Å². The third kappa shape index (κ3) is 2.11. The number of aromatic nitrogens is 1. The van der Waals surface area contributed by atoms with Gasteiger partial charge in [-0.2, -0.15) is 0 Å². The molecular weight excluding hydrogens is 248 g/mol. The number of rotatable bonds is 5. The van der Waals surface area contributed by atoms with Crippen molar-refractivity contribution in [3.63, 3.8) is 0 Å². The summed E-state index contributed by atoms with van der Waals surface area (Å²) in [6.07, 6.45) is 4.76. The Morgan fingerprint density at radius 3 is 2.61 bits per heavy atom. The fourth-order valence-electron chi connectivity index (χ4n) is 2.33. The van der Waals surface area contributed by atoms with E-state index in [1.165, 1.54) is 24.2 Å². The highest BCUT2D eigenvalue weighted by atomic mass is 32.1. The molecule has 4 nitrogen and oxygen atoms in total. The number of thiazole rings is 1. The molecule has 1 heterocycles. The number of carboxylic acid groups (broad SMARTS) is 1. The van der Waals surface area contributed by atoms with E-state index >= 15 is 0 Å². The number of aromatic carboxylic acids is 1. The Kier molecular flexibility index (Phi) is 2.81. The molecule has 0 radical (unpaired) electrons. The molecule has 1 aromatic rings. The van der Waals surface area contributed by atoms with E-state index in [2.05, 4.69) is 16.8 Å².